The third kappa shape index (κ3) is 1.38. The van der Waals surface area contributed by atoms with Gasteiger partial charge in [0.05, 0.1) is 6.20 Å². The molecule has 0 N–H and O–H groups in total. The SMILES string of the molecule is C#CC1(Oc2nnccc2C#N)CC1. The fourth-order valence-electron chi connectivity index (χ4n) is 1.05. The molecule has 0 unspecified atom stereocenters. The van der Waals surface area contributed by atoms with Gasteiger partial charge in [0.25, 0.3) is 5.88 Å². The van der Waals surface area contributed by atoms with Crippen LogP contribution in [0.3, 0.4) is 0 Å². The van der Waals surface area contributed by atoms with E-state index in [-0.39, 0.29) is 5.88 Å². The van der Waals surface area contributed by atoms with Crippen molar-refractivity contribution < 1.29 is 4.74 Å². The number of hydrogen-bond donors (Lipinski definition) is 0. The summed E-state index contributed by atoms with van der Waals surface area (Å²) in [5.41, 5.74) is -0.178. The van der Waals surface area contributed by atoms with Crippen molar-refractivity contribution in [3.05, 3.63) is 17.8 Å². The maximum atomic E-state index is 8.76. The molecule has 4 nitrogen and oxygen atoms in total. The molecule has 0 radical (unpaired) electrons. The number of nitriles is 1. The van der Waals surface area contributed by atoms with Gasteiger partial charge in [0.1, 0.15) is 11.6 Å². The molecule has 0 aromatic carbocycles. The lowest BCUT2D eigenvalue weighted by Crippen LogP contribution is -2.16. The summed E-state index contributed by atoms with van der Waals surface area (Å²) in [4.78, 5) is 0. The third-order valence-corrected chi connectivity index (χ3v) is 2.07. The zero-order valence-electron chi connectivity index (χ0n) is 7.40. The van der Waals surface area contributed by atoms with E-state index in [1.165, 1.54) is 6.20 Å². The van der Waals surface area contributed by atoms with Crippen molar-refractivity contribution in [1.29, 1.82) is 5.26 Å². The first-order valence-corrected chi connectivity index (χ1v) is 4.18. The van der Waals surface area contributed by atoms with Crippen LogP contribution in [0.2, 0.25) is 0 Å². The van der Waals surface area contributed by atoms with E-state index >= 15 is 0 Å². The monoisotopic (exact) mass is 185 g/mol. The van der Waals surface area contributed by atoms with Crippen molar-refractivity contribution in [2.75, 3.05) is 0 Å². The van der Waals surface area contributed by atoms with Gasteiger partial charge in [-0.3, -0.25) is 0 Å². The molecule has 1 aliphatic rings. The summed E-state index contributed by atoms with van der Waals surface area (Å²) in [6, 6.07) is 3.52. The van der Waals surface area contributed by atoms with E-state index < -0.39 is 5.60 Å². The van der Waals surface area contributed by atoms with E-state index in [0.29, 0.717) is 5.56 Å². The van der Waals surface area contributed by atoms with Crippen LogP contribution in [0.4, 0.5) is 0 Å². The lowest BCUT2D eigenvalue weighted by molar-refractivity contribution is 0.226. The van der Waals surface area contributed by atoms with Gasteiger partial charge >= 0.3 is 0 Å². The van der Waals surface area contributed by atoms with Gasteiger partial charge in [-0.15, -0.1) is 11.5 Å². The molecule has 0 spiro atoms. The van der Waals surface area contributed by atoms with Gasteiger partial charge < -0.3 is 4.74 Å². The molecule has 0 aliphatic heterocycles. The molecule has 1 fully saturated rings. The van der Waals surface area contributed by atoms with Crippen LogP contribution in [0, 0.1) is 23.7 Å². The summed E-state index contributed by atoms with van der Waals surface area (Å²) in [6.45, 7) is 0. The minimum absolute atomic E-state index is 0.227. The van der Waals surface area contributed by atoms with Crippen LogP contribution in [0.1, 0.15) is 18.4 Å². The minimum atomic E-state index is -0.540. The molecule has 14 heavy (non-hydrogen) atoms. The van der Waals surface area contributed by atoms with Crippen molar-refractivity contribution in [2.24, 2.45) is 0 Å². The second-order valence-corrected chi connectivity index (χ2v) is 3.10. The molecule has 0 amide bonds. The van der Waals surface area contributed by atoms with Crippen LogP contribution < -0.4 is 4.74 Å². The lowest BCUT2D eigenvalue weighted by Gasteiger charge is -2.10. The Hall–Kier alpha value is -2.07. The lowest BCUT2D eigenvalue weighted by atomic mass is 10.3. The number of aromatic nitrogens is 2. The Bertz CT molecular complexity index is 437. The average Bonchev–Trinajstić information content (AvgIpc) is 2.99. The fraction of sp³-hybridized carbons (Fsp3) is 0.300. The fourth-order valence-corrected chi connectivity index (χ4v) is 1.05. The van der Waals surface area contributed by atoms with Gasteiger partial charge in [0.15, 0.2) is 5.60 Å². The van der Waals surface area contributed by atoms with Crippen LogP contribution in [0.15, 0.2) is 12.3 Å². The van der Waals surface area contributed by atoms with E-state index in [2.05, 4.69) is 16.1 Å². The first-order valence-electron chi connectivity index (χ1n) is 4.18. The highest BCUT2D eigenvalue weighted by Crippen LogP contribution is 2.39. The predicted octanol–water partition coefficient (Wildman–Crippen LogP) is 0.893. The zero-order valence-corrected chi connectivity index (χ0v) is 7.40. The van der Waals surface area contributed by atoms with Gasteiger partial charge in [-0.1, -0.05) is 5.92 Å². The van der Waals surface area contributed by atoms with Crippen LogP contribution in [-0.2, 0) is 0 Å². The molecule has 68 valence electrons. The van der Waals surface area contributed by atoms with Gasteiger partial charge in [-0.25, -0.2) is 0 Å². The summed E-state index contributed by atoms with van der Waals surface area (Å²) in [6.07, 6.45) is 8.37. The van der Waals surface area contributed by atoms with Crippen molar-refractivity contribution in [1.82, 2.24) is 10.2 Å². The largest absolute Gasteiger partial charge is 0.456 e. The second kappa shape index (κ2) is 3.01. The van der Waals surface area contributed by atoms with Crippen molar-refractivity contribution in [3.8, 4) is 24.3 Å². The number of rotatable bonds is 2. The van der Waals surface area contributed by atoms with Gasteiger partial charge in [0, 0.05) is 12.8 Å². The van der Waals surface area contributed by atoms with E-state index in [1.807, 2.05) is 6.07 Å². The van der Waals surface area contributed by atoms with Crippen molar-refractivity contribution in [3.63, 3.8) is 0 Å². The number of ether oxygens (including phenoxy) is 1. The number of terminal acetylenes is 1. The Balaban J connectivity index is 2.26. The smallest absolute Gasteiger partial charge is 0.253 e. The maximum absolute atomic E-state index is 8.76. The van der Waals surface area contributed by atoms with E-state index in [9.17, 15) is 0 Å². The zero-order chi connectivity index (χ0) is 10.0. The summed E-state index contributed by atoms with van der Waals surface area (Å²) < 4.78 is 5.45. The molecular weight excluding hydrogens is 178 g/mol. The molecule has 4 heteroatoms. The summed E-state index contributed by atoms with van der Waals surface area (Å²) in [5, 5.41) is 16.1. The van der Waals surface area contributed by atoms with Crippen molar-refractivity contribution in [2.45, 2.75) is 18.4 Å². The Kier molecular flexibility index (Phi) is 1.83. The van der Waals surface area contributed by atoms with E-state index in [1.54, 1.807) is 6.07 Å². The van der Waals surface area contributed by atoms with Gasteiger partial charge in [-0.2, -0.15) is 10.4 Å². The molecule has 1 heterocycles. The van der Waals surface area contributed by atoms with Crippen LogP contribution >= 0.6 is 0 Å². The highest BCUT2D eigenvalue weighted by molar-refractivity contribution is 5.37. The number of nitrogens with zero attached hydrogens (tertiary/aromatic N) is 3. The predicted molar refractivity (Wildman–Crippen MR) is 48.2 cm³/mol. The molecule has 1 aromatic heterocycles. The second-order valence-electron chi connectivity index (χ2n) is 3.10. The number of hydrogen-bond acceptors (Lipinski definition) is 4. The van der Waals surface area contributed by atoms with Gasteiger partial charge in [0.2, 0.25) is 0 Å². The Morgan fingerprint density at radius 3 is 2.93 bits per heavy atom. The molecule has 1 aromatic rings. The minimum Gasteiger partial charge on any atom is -0.456 e. The first-order chi connectivity index (χ1) is 6.79. The molecule has 1 aliphatic carbocycles. The third-order valence-electron chi connectivity index (χ3n) is 2.07. The highest BCUT2D eigenvalue weighted by Gasteiger charge is 2.44. The van der Waals surface area contributed by atoms with Crippen LogP contribution in [0.25, 0.3) is 0 Å². The Morgan fingerprint density at radius 2 is 2.36 bits per heavy atom. The quantitative estimate of drug-likeness (QED) is 0.642. The van der Waals surface area contributed by atoms with Crippen LogP contribution in [0.5, 0.6) is 5.88 Å². The molecular formula is C10H7N3O. The summed E-state index contributed by atoms with van der Waals surface area (Å²) in [7, 11) is 0. The normalized spacial score (nSPS) is 16.4. The van der Waals surface area contributed by atoms with E-state index in [4.69, 9.17) is 16.4 Å². The highest BCUT2D eigenvalue weighted by atomic mass is 16.5. The van der Waals surface area contributed by atoms with E-state index in [0.717, 1.165) is 12.8 Å². The molecule has 0 atom stereocenters. The Labute approximate surface area is 81.5 Å². The average molecular weight is 185 g/mol. The maximum Gasteiger partial charge on any atom is 0.253 e. The standard InChI is InChI=1S/C10H7N3O/c1-2-10(4-5-10)14-9-8(7-11)3-6-12-13-9/h1,3,6H,4-5H2. The molecule has 1 saturated carbocycles. The molecule has 0 saturated heterocycles. The molecule has 0 bridgehead atoms. The summed E-state index contributed by atoms with van der Waals surface area (Å²) >= 11 is 0. The summed E-state index contributed by atoms with van der Waals surface area (Å²) in [5.74, 6) is 2.78. The molecule has 2 rings (SSSR count). The first kappa shape index (κ1) is 8.52. The topological polar surface area (TPSA) is 58.8 Å². The van der Waals surface area contributed by atoms with Crippen LogP contribution in [-0.4, -0.2) is 15.8 Å². The Morgan fingerprint density at radius 1 is 1.57 bits per heavy atom. The van der Waals surface area contributed by atoms with Gasteiger partial charge in [-0.05, 0) is 6.07 Å². The van der Waals surface area contributed by atoms with Crippen molar-refractivity contribution >= 4 is 0 Å².